The first-order valence-corrected chi connectivity index (χ1v) is 7.54. The van der Waals surface area contributed by atoms with Gasteiger partial charge in [-0.3, -0.25) is 0 Å². The van der Waals surface area contributed by atoms with Crippen molar-refractivity contribution in [3.63, 3.8) is 0 Å². The van der Waals surface area contributed by atoms with Crippen LogP contribution in [0, 0.1) is 0 Å². The molecule has 21 heavy (non-hydrogen) atoms. The van der Waals surface area contributed by atoms with E-state index in [1.54, 1.807) is 11.3 Å². The van der Waals surface area contributed by atoms with Gasteiger partial charge in [0.05, 0.1) is 6.26 Å². The van der Waals surface area contributed by atoms with Crippen LogP contribution in [-0.4, -0.2) is 7.05 Å². The molecule has 2 rings (SSSR count). The first kappa shape index (κ1) is 17.0. The number of nitrogens with two attached hydrogens (primary N) is 1. The third kappa shape index (κ3) is 4.45. The highest BCUT2D eigenvalue weighted by atomic mass is 32.1. The number of ether oxygens (including phenoxy) is 1. The topological polar surface area (TPSA) is 35.2 Å². The predicted molar refractivity (Wildman–Crippen MR) is 93.9 cm³/mol. The first-order chi connectivity index (χ1) is 10.3. The van der Waals surface area contributed by atoms with Gasteiger partial charge in [-0.05, 0) is 53.6 Å². The summed E-state index contributed by atoms with van der Waals surface area (Å²) < 4.78 is 5.35. The Hall–Kier alpha value is -2.10. The van der Waals surface area contributed by atoms with Crippen molar-refractivity contribution < 1.29 is 4.74 Å². The molecule has 0 radical (unpaired) electrons. The Kier molecular flexibility index (Phi) is 7.23. The number of allylic oxidation sites excluding steroid dienone is 1. The molecular formula is C18H21NOS. The van der Waals surface area contributed by atoms with E-state index < -0.39 is 0 Å². The zero-order valence-electron chi connectivity index (χ0n) is 12.5. The Bertz CT molecular complexity index is 595. The lowest BCUT2D eigenvalue weighted by Crippen LogP contribution is -1.88. The van der Waals surface area contributed by atoms with Gasteiger partial charge in [-0.15, -0.1) is 0 Å². The van der Waals surface area contributed by atoms with Gasteiger partial charge in [-0.25, -0.2) is 0 Å². The molecule has 0 saturated heterocycles. The van der Waals surface area contributed by atoms with Crippen molar-refractivity contribution in [2.75, 3.05) is 7.05 Å². The molecule has 1 aromatic heterocycles. The molecule has 1 aromatic carbocycles. The van der Waals surface area contributed by atoms with Crippen LogP contribution in [0.3, 0.4) is 0 Å². The maximum absolute atomic E-state index is 5.35. The van der Waals surface area contributed by atoms with Crippen LogP contribution in [0.25, 0.3) is 11.3 Å². The van der Waals surface area contributed by atoms with Gasteiger partial charge < -0.3 is 10.5 Å². The summed E-state index contributed by atoms with van der Waals surface area (Å²) in [5.41, 5.74) is 8.87. The molecule has 110 valence electrons. The quantitative estimate of drug-likeness (QED) is 0.796. The van der Waals surface area contributed by atoms with Crippen LogP contribution in [0.15, 0.2) is 66.6 Å². The fourth-order valence-electron chi connectivity index (χ4n) is 1.83. The summed E-state index contributed by atoms with van der Waals surface area (Å²) in [4.78, 5) is 0. The second-order valence-electron chi connectivity index (χ2n) is 4.01. The van der Waals surface area contributed by atoms with Gasteiger partial charge in [0.15, 0.2) is 0 Å². The minimum absolute atomic E-state index is 0.808. The van der Waals surface area contributed by atoms with Gasteiger partial charge in [0.1, 0.15) is 5.76 Å². The first-order valence-electron chi connectivity index (χ1n) is 6.60. The molecule has 0 aliphatic rings. The molecule has 0 aliphatic heterocycles. The molecule has 0 saturated carbocycles. The SMILES string of the molecule is C=CO/C(=C\C)c1ccc(C(=C)c2ccsc2)cc1.CN. The Balaban J connectivity index is 0.00000106. The van der Waals surface area contributed by atoms with Crippen LogP contribution in [0.2, 0.25) is 0 Å². The maximum Gasteiger partial charge on any atom is 0.129 e. The third-order valence-corrected chi connectivity index (χ3v) is 3.54. The molecule has 0 atom stereocenters. The Morgan fingerprint density at radius 1 is 1.10 bits per heavy atom. The van der Waals surface area contributed by atoms with Crippen molar-refractivity contribution in [2.24, 2.45) is 5.73 Å². The van der Waals surface area contributed by atoms with Crippen LogP contribution in [-0.2, 0) is 4.74 Å². The maximum atomic E-state index is 5.35. The van der Waals surface area contributed by atoms with E-state index in [0.717, 1.165) is 22.5 Å². The van der Waals surface area contributed by atoms with Crippen molar-refractivity contribution in [1.82, 2.24) is 0 Å². The van der Waals surface area contributed by atoms with E-state index in [0.29, 0.717) is 0 Å². The van der Waals surface area contributed by atoms with Gasteiger partial charge in [-0.1, -0.05) is 37.4 Å². The van der Waals surface area contributed by atoms with E-state index in [9.17, 15) is 0 Å². The molecule has 2 N–H and O–H groups in total. The van der Waals surface area contributed by atoms with Gasteiger partial charge >= 0.3 is 0 Å². The number of rotatable bonds is 5. The summed E-state index contributed by atoms with van der Waals surface area (Å²) in [6.07, 6.45) is 3.36. The Labute approximate surface area is 130 Å². The van der Waals surface area contributed by atoms with Crippen molar-refractivity contribution >= 4 is 22.7 Å². The number of benzene rings is 1. The van der Waals surface area contributed by atoms with Crippen molar-refractivity contribution in [1.29, 1.82) is 0 Å². The summed E-state index contributed by atoms with van der Waals surface area (Å²) in [5.74, 6) is 0.808. The van der Waals surface area contributed by atoms with E-state index in [1.807, 2.05) is 25.1 Å². The predicted octanol–water partition coefficient (Wildman–Crippen LogP) is 4.91. The molecule has 0 spiro atoms. The molecular weight excluding hydrogens is 278 g/mol. The molecule has 0 fully saturated rings. The minimum atomic E-state index is 0.808. The monoisotopic (exact) mass is 299 g/mol. The number of hydrogen-bond donors (Lipinski definition) is 1. The molecule has 0 aliphatic carbocycles. The molecule has 3 heteroatoms. The van der Waals surface area contributed by atoms with Gasteiger partial charge in [0.25, 0.3) is 0 Å². The van der Waals surface area contributed by atoms with Gasteiger partial charge in [-0.2, -0.15) is 11.3 Å². The summed E-state index contributed by atoms with van der Waals surface area (Å²) in [7, 11) is 1.50. The molecule has 0 bridgehead atoms. The highest BCUT2D eigenvalue weighted by Crippen LogP contribution is 2.25. The smallest absolute Gasteiger partial charge is 0.129 e. The Morgan fingerprint density at radius 2 is 1.71 bits per heavy atom. The summed E-state index contributed by atoms with van der Waals surface area (Å²) in [6, 6.07) is 10.3. The van der Waals surface area contributed by atoms with Crippen LogP contribution in [0.4, 0.5) is 0 Å². The van der Waals surface area contributed by atoms with Gasteiger partial charge in [0, 0.05) is 5.56 Å². The molecule has 1 heterocycles. The molecule has 2 nitrogen and oxygen atoms in total. The zero-order chi connectivity index (χ0) is 15.7. The van der Waals surface area contributed by atoms with E-state index in [2.05, 4.69) is 47.9 Å². The van der Waals surface area contributed by atoms with Crippen LogP contribution in [0.5, 0.6) is 0 Å². The molecule has 2 aromatic rings. The zero-order valence-corrected chi connectivity index (χ0v) is 13.3. The minimum Gasteiger partial charge on any atom is -0.465 e. The second kappa shape index (κ2) is 8.95. The van der Waals surface area contributed by atoms with Gasteiger partial charge in [0.2, 0.25) is 0 Å². The fourth-order valence-corrected chi connectivity index (χ4v) is 2.50. The van der Waals surface area contributed by atoms with Crippen LogP contribution < -0.4 is 5.73 Å². The van der Waals surface area contributed by atoms with E-state index in [4.69, 9.17) is 4.74 Å². The molecule has 0 amide bonds. The molecule has 0 unspecified atom stereocenters. The van der Waals surface area contributed by atoms with Crippen LogP contribution in [0.1, 0.15) is 23.6 Å². The standard InChI is InChI=1S/C17H16OS.CH5N/c1-4-17(18-5-2)15-8-6-14(7-9-15)13(3)16-10-11-19-12-16;1-2/h4-12H,2-3H2,1H3;2H2,1H3/b17-4-;. The average Bonchev–Trinajstić information content (AvgIpc) is 3.08. The normalized spacial score (nSPS) is 10.3. The number of hydrogen-bond acceptors (Lipinski definition) is 3. The van der Waals surface area contributed by atoms with E-state index in [1.165, 1.54) is 18.9 Å². The largest absolute Gasteiger partial charge is 0.465 e. The summed E-state index contributed by atoms with van der Waals surface area (Å²) in [5, 5.41) is 4.17. The Morgan fingerprint density at radius 3 is 2.19 bits per heavy atom. The third-order valence-electron chi connectivity index (χ3n) is 2.86. The van der Waals surface area contributed by atoms with Crippen molar-refractivity contribution in [2.45, 2.75) is 6.92 Å². The number of thiophene rings is 1. The van der Waals surface area contributed by atoms with Crippen LogP contribution >= 0.6 is 11.3 Å². The summed E-state index contributed by atoms with van der Waals surface area (Å²) in [6.45, 7) is 9.66. The lowest BCUT2D eigenvalue weighted by molar-refractivity contribution is 0.438. The lowest BCUT2D eigenvalue weighted by Gasteiger charge is -2.08. The lowest BCUT2D eigenvalue weighted by atomic mass is 10.0. The highest BCUT2D eigenvalue weighted by Gasteiger charge is 2.05. The van der Waals surface area contributed by atoms with E-state index in [-0.39, 0.29) is 0 Å². The van der Waals surface area contributed by atoms with Crippen molar-refractivity contribution in [3.05, 3.63) is 83.3 Å². The van der Waals surface area contributed by atoms with Crippen molar-refractivity contribution in [3.8, 4) is 0 Å². The fraction of sp³-hybridized carbons (Fsp3) is 0.111. The van der Waals surface area contributed by atoms with E-state index >= 15 is 0 Å². The summed E-state index contributed by atoms with van der Waals surface area (Å²) >= 11 is 1.68. The second-order valence-corrected chi connectivity index (χ2v) is 4.79. The highest BCUT2D eigenvalue weighted by molar-refractivity contribution is 7.08. The average molecular weight is 299 g/mol.